The molecule has 1 atom stereocenters. The molecule has 0 aliphatic carbocycles. The van der Waals surface area contributed by atoms with Crippen LogP contribution in [0.5, 0.6) is 5.75 Å². The Balaban J connectivity index is 1.63. The molecule has 0 bridgehead atoms. The number of benzene rings is 2. The molecule has 0 spiro atoms. The fourth-order valence-electron chi connectivity index (χ4n) is 3.52. The summed E-state index contributed by atoms with van der Waals surface area (Å²) >= 11 is 6.24. The first-order valence-electron chi connectivity index (χ1n) is 10.2. The Kier molecular flexibility index (Phi) is 7.53. The van der Waals surface area contributed by atoms with E-state index in [0.29, 0.717) is 34.3 Å². The maximum absolute atomic E-state index is 12.7. The van der Waals surface area contributed by atoms with Gasteiger partial charge in [0, 0.05) is 10.6 Å². The molecule has 0 saturated heterocycles. The number of rotatable bonds is 8. The molecule has 0 aliphatic heterocycles. The van der Waals surface area contributed by atoms with Crippen molar-refractivity contribution >= 4 is 23.5 Å². The van der Waals surface area contributed by atoms with Gasteiger partial charge in [-0.25, -0.2) is 4.79 Å². The number of halogens is 1. The van der Waals surface area contributed by atoms with E-state index in [1.165, 1.54) is 0 Å². The minimum atomic E-state index is -0.592. The third-order valence-electron chi connectivity index (χ3n) is 5.18. The second-order valence-electron chi connectivity index (χ2n) is 7.40. The number of nitrogens with zero attached hydrogens (tertiary/aromatic N) is 2. The van der Waals surface area contributed by atoms with Gasteiger partial charge in [-0.2, -0.15) is 5.10 Å². The van der Waals surface area contributed by atoms with Gasteiger partial charge < -0.3 is 14.8 Å². The summed E-state index contributed by atoms with van der Waals surface area (Å²) in [4.78, 5) is 25.0. The molecular weight excluding hydrogens is 430 g/mol. The molecule has 1 N–H and O–H groups in total. The lowest BCUT2D eigenvalue weighted by Crippen LogP contribution is -2.31. The van der Waals surface area contributed by atoms with Crippen LogP contribution in [0.25, 0.3) is 0 Å². The standard InChI is InChI=1S/C24H26ClN3O4/c1-15(19-10-6-8-12-21(19)31-4)26-22(29)14-32-24(30)23-16(2)27-28(17(23)3)13-18-9-5-7-11-20(18)25/h5-12,15H,13-14H2,1-4H3,(H,26,29). The molecule has 168 valence electrons. The van der Waals surface area contributed by atoms with Gasteiger partial charge in [-0.3, -0.25) is 9.48 Å². The molecule has 1 unspecified atom stereocenters. The molecule has 1 aromatic heterocycles. The van der Waals surface area contributed by atoms with Crippen molar-refractivity contribution in [2.24, 2.45) is 0 Å². The van der Waals surface area contributed by atoms with Gasteiger partial charge in [0.05, 0.1) is 31.1 Å². The van der Waals surface area contributed by atoms with Crippen LogP contribution < -0.4 is 10.1 Å². The van der Waals surface area contributed by atoms with Crippen molar-refractivity contribution in [3.8, 4) is 5.75 Å². The summed E-state index contributed by atoms with van der Waals surface area (Å²) in [7, 11) is 1.58. The Labute approximate surface area is 192 Å². The van der Waals surface area contributed by atoms with Crippen molar-refractivity contribution in [3.63, 3.8) is 0 Å². The van der Waals surface area contributed by atoms with E-state index in [0.717, 1.165) is 11.1 Å². The number of hydrogen-bond donors (Lipinski definition) is 1. The number of carbonyl (C=O) groups is 2. The van der Waals surface area contributed by atoms with Crippen molar-refractivity contribution in [1.82, 2.24) is 15.1 Å². The van der Waals surface area contributed by atoms with Gasteiger partial charge in [0.1, 0.15) is 11.3 Å². The molecule has 1 amide bonds. The van der Waals surface area contributed by atoms with Crippen LogP contribution in [0.3, 0.4) is 0 Å². The molecule has 7 nitrogen and oxygen atoms in total. The van der Waals surface area contributed by atoms with Crippen molar-refractivity contribution in [1.29, 1.82) is 0 Å². The molecule has 0 radical (unpaired) electrons. The Morgan fingerprint density at radius 1 is 1.12 bits per heavy atom. The van der Waals surface area contributed by atoms with Crippen LogP contribution in [-0.2, 0) is 16.1 Å². The second kappa shape index (κ2) is 10.3. The van der Waals surface area contributed by atoms with Crippen LogP contribution >= 0.6 is 11.6 Å². The van der Waals surface area contributed by atoms with Crippen LogP contribution in [0, 0.1) is 13.8 Å². The Morgan fingerprint density at radius 2 is 1.81 bits per heavy atom. The number of nitrogens with one attached hydrogen (secondary N) is 1. The Bertz CT molecular complexity index is 1130. The van der Waals surface area contributed by atoms with Gasteiger partial charge in [0.2, 0.25) is 0 Å². The van der Waals surface area contributed by atoms with Crippen molar-refractivity contribution in [2.45, 2.75) is 33.4 Å². The van der Waals surface area contributed by atoms with Crippen molar-refractivity contribution in [2.75, 3.05) is 13.7 Å². The SMILES string of the molecule is COc1ccccc1C(C)NC(=O)COC(=O)c1c(C)nn(Cc2ccccc2Cl)c1C. The molecule has 8 heteroatoms. The number of hydrogen-bond acceptors (Lipinski definition) is 5. The largest absolute Gasteiger partial charge is 0.496 e. The third-order valence-corrected chi connectivity index (χ3v) is 5.55. The number of esters is 1. The maximum Gasteiger partial charge on any atom is 0.342 e. The summed E-state index contributed by atoms with van der Waals surface area (Å²) in [5.74, 6) is -0.324. The highest BCUT2D eigenvalue weighted by Gasteiger charge is 2.22. The van der Waals surface area contributed by atoms with E-state index in [1.54, 1.807) is 25.6 Å². The molecule has 2 aromatic carbocycles. The monoisotopic (exact) mass is 455 g/mol. The van der Waals surface area contributed by atoms with Gasteiger partial charge in [-0.1, -0.05) is 48.0 Å². The van der Waals surface area contributed by atoms with Gasteiger partial charge in [0.25, 0.3) is 5.91 Å². The highest BCUT2D eigenvalue weighted by molar-refractivity contribution is 6.31. The summed E-state index contributed by atoms with van der Waals surface area (Å²) in [6.07, 6.45) is 0. The van der Waals surface area contributed by atoms with E-state index in [9.17, 15) is 9.59 Å². The van der Waals surface area contributed by atoms with E-state index in [1.807, 2.05) is 55.5 Å². The molecule has 32 heavy (non-hydrogen) atoms. The lowest BCUT2D eigenvalue weighted by Gasteiger charge is -2.17. The Hall–Kier alpha value is -3.32. The fraction of sp³-hybridized carbons (Fsp3) is 0.292. The summed E-state index contributed by atoms with van der Waals surface area (Å²) in [6, 6.07) is 14.6. The fourth-order valence-corrected chi connectivity index (χ4v) is 3.72. The van der Waals surface area contributed by atoms with Gasteiger partial charge in [-0.15, -0.1) is 0 Å². The van der Waals surface area contributed by atoms with Crippen molar-refractivity contribution < 1.29 is 19.1 Å². The number of methoxy groups -OCH3 is 1. The second-order valence-corrected chi connectivity index (χ2v) is 7.81. The predicted molar refractivity (Wildman–Crippen MR) is 122 cm³/mol. The molecule has 0 saturated carbocycles. The number of ether oxygens (including phenoxy) is 2. The zero-order valence-corrected chi connectivity index (χ0v) is 19.3. The van der Waals surface area contributed by atoms with Gasteiger partial charge >= 0.3 is 5.97 Å². The maximum atomic E-state index is 12.7. The minimum Gasteiger partial charge on any atom is -0.496 e. The lowest BCUT2D eigenvalue weighted by molar-refractivity contribution is -0.124. The number of aryl methyl sites for hydroxylation is 1. The smallest absolute Gasteiger partial charge is 0.342 e. The van der Waals surface area contributed by atoms with E-state index in [2.05, 4.69) is 10.4 Å². The van der Waals surface area contributed by atoms with Crippen LogP contribution in [0.4, 0.5) is 0 Å². The average molecular weight is 456 g/mol. The summed E-state index contributed by atoms with van der Waals surface area (Å²) in [5, 5.41) is 7.89. The molecule has 1 heterocycles. The molecule has 3 rings (SSSR count). The zero-order chi connectivity index (χ0) is 23.3. The van der Waals surface area contributed by atoms with Crippen molar-refractivity contribution in [3.05, 3.63) is 81.6 Å². The first-order chi connectivity index (χ1) is 15.3. The number of carbonyl (C=O) groups excluding carboxylic acids is 2. The first-order valence-corrected chi connectivity index (χ1v) is 10.6. The third kappa shape index (κ3) is 5.29. The van der Waals surface area contributed by atoms with E-state index >= 15 is 0 Å². The van der Waals surface area contributed by atoms with Crippen LogP contribution in [0.2, 0.25) is 5.02 Å². The zero-order valence-electron chi connectivity index (χ0n) is 18.5. The van der Waals surface area contributed by atoms with Crippen LogP contribution in [0.15, 0.2) is 48.5 Å². The number of para-hydroxylation sites is 1. The lowest BCUT2D eigenvalue weighted by atomic mass is 10.1. The highest BCUT2D eigenvalue weighted by atomic mass is 35.5. The highest BCUT2D eigenvalue weighted by Crippen LogP contribution is 2.24. The van der Waals surface area contributed by atoms with Gasteiger partial charge in [0.15, 0.2) is 6.61 Å². The summed E-state index contributed by atoms with van der Waals surface area (Å²) < 4.78 is 12.3. The van der Waals surface area contributed by atoms with E-state index in [-0.39, 0.29) is 6.04 Å². The van der Waals surface area contributed by atoms with E-state index < -0.39 is 18.5 Å². The summed E-state index contributed by atoms with van der Waals surface area (Å²) in [5.41, 5.74) is 3.26. The van der Waals surface area contributed by atoms with E-state index in [4.69, 9.17) is 21.1 Å². The normalized spacial score (nSPS) is 11.7. The first kappa shape index (κ1) is 23.3. The molecule has 0 aliphatic rings. The minimum absolute atomic E-state index is 0.306. The van der Waals surface area contributed by atoms with Gasteiger partial charge in [-0.05, 0) is 38.5 Å². The average Bonchev–Trinajstić information content (AvgIpc) is 3.06. The number of amides is 1. The summed E-state index contributed by atoms with van der Waals surface area (Å²) in [6.45, 7) is 5.39. The quantitative estimate of drug-likeness (QED) is 0.513. The predicted octanol–water partition coefficient (Wildman–Crippen LogP) is 4.24. The molecular formula is C24H26ClN3O4. The van der Waals surface area contributed by atoms with Crippen LogP contribution in [-0.4, -0.2) is 35.4 Å². The topological polar surface area (TPSA) is 82.4 Å². The Morgan fingerprint density at radius 3 is 2.53 bits per heavy atom. The van der Waals surface area contributed by atoms with Crippen LogP contribution in [0.1, 0.15) is 45.8 Å². The molecule has 3 aromatic rings. The number of aromatic nitrogens is 2. The molecule has 0 fully saturated rings.